The monoisotopic (exact) mass is 420 g/mol. The fourth-order valence-electron chi connectivity index (χ4n) is 3.02. The molecule has 2 heterocycles. The molecule has 2 unspecified atom stereocenters. The molecule has 11 heteroatoms. The van der Waals surface area contributed by atoms with Crippen LogP contribution in [0.25, 0.3) is 10.9 Å². The number of aromatic nitrogens is 1. The third-order valence-electron chi connectivity index (χ3n) is 4.48. The smallest absolute Gasteiger partial charge is 0.416 e. The molecule has 1 aliphatic heterocycles. The second-order valence-corrected chi connectivity index (χ2v) is 6.56. The largest absolute Gasteiger partial charge is 0.435 e. The highest BCUT2D eigenvalue weighted by Gasteiger charge is 2.45. The molecule has 1 amide bonds. The molecule has 1 fully saturated rings. The van der Waals surface area contributed by atoms with Crippen molar-refractivity contribution in [3.8, 4) is 5.75 Å². The van der Waals surface area contributed by atoms with Crippen LogP contribution in [0.3, 0.4) is 0 Å². The highest BCUT2D eigenvalue weighted by atomic mass is 19.4. The average molecular weight is 420 g/mol. The van der Waals surface area contributed by atoms with E-state index in [1.165, 1.54) is 30.5 Å². The lowest BCUT2D eigenvalue weighted by Crippen LogP contribution is -2.49. The first-order chi connectivity index (χ1) is 13.6. The number of fused-ring (bicyclic) bond motifs is 1. The average Bonchev–Trinajstić information content (AvgIpc) is 2.66. The Bertz CT molecular complexity index is 869. The number of benzene rings is 1. The zero-order valence-electron chi connectivity index (χ0n) is 14.8. The number of pyridine rings is 1. The van der Waals surface area contributed by atoms with Crippen molar-refractivity contribution in [2.24, 2.45) is 0 Å². The van der Waals surface area contributed by atoms with E-state index in [1.807, 2.05) is 0 Å². The van der Waals surface area contributed by atoms with Crippen LogP contribution in [0, 0.1) is 0 Å². The summed E-state index contributed by atoms with van der Waals surface area (Å²) in [6.07, 6.45) is -7.30. The summed E-state index contributed by atoms with van der Waals surface area (Å²) < 4.78 is 71.5. The van der Waals surface area contributed by atoms with Crippen LogP contribution < -0.4 is 10.1 Å². The number of rotatable bonds is 5. The molecule has 2 N–H and O–H groups in total. The third kappa shape index (κ3) is 5.30. The van der Waals surface area contributed by atoms with Gasteiger partial charge in [0, 0.05) is 17.6 Å². The first-order valence-corrected chi connectivity index (χ1v) is 8.65. The quantitative estimate of drug-likeness (QED) is 0.727. The van der Waals surface area contributed by atoms with Gasteiger partial charge in [-0.15, -0.1) is 0 Å². The van der Waals surface area contributed by atoms with Crippen molar-refractivity contribution in [3.63, 3.8) is 0 Å². The molecular formula is C18H17F5N2O4. The molecule has 2 aromatic rings. The normalized spacial score (nSPS) is 21.2. The van der Waals surface area contributed by atoms with Crippen molar-refractivity contribution in [2.45, 2.75) is 43.9 Å². The maximum atomic E-state index is 12.5. The number of ether oxygens (including phenoxy) is 2. The van der Waals surface area contributed by atoms with E-state index in [9.17, 15) is 31.9 Å². The predicted octanol–water partition coefficient (Wildman–Crippen LogP) is 3.04. The molecule has 1 aliphatic rings. The molecule has 3 atom stereocenters. The number of nitrogens with one attached hydrogen (secondary N) is 1. The van der Waals surface area contributed by atoms with Gasteiger partial charge in [0.05, 0.1) is 29.8 Å². The van der Waals surface area contributed by atoms with Crippen molar-refractivity contribution in [1.82, 2.24) is 10.3 Å². The van der Waals surface area contributed by atoms with Gasteiger partial charge in [-0.25, -0.2) is 0 Å². The number of carbonyl (C=O) groups is 1. The van der Waals surface area contributed by atoms with Gasteiger partial charge in [-0.3, -0.25) is 9.78 Å². The van der Waals surface area contributed by atoms with E-state index in [4.69, 9.17) is 4.74 Å². The Morgan fingerprint density at radius 3 is 2.66 bits per heavy atom. The summed E-state index contributed by atoms with van der Waals surface area (Å²) in [4.78, 5) is 16.4. The van der Waals surface area contributed by atoms with Crippen LogP contribution in [0.1, 0.15) is 23.2 Å². The van der Waals surface area contributed by atoms with Crippen molar-refractivity contribution < 1.29 is 41.3 Å². The molecule has 0 radical (unpaired) electrons. The number of hydrogen-bond acceptors (Lipinski definition) is 5. The number of aliphatic hydroxyl groups excluding tert-OH is 1. The van der Waals surface area contributed by atoms with Crippen LogP contribution in [0.2, 0.25) is 0 Å². The summed E-state index contributed by atoms with van der Waals surface area (Å²) in [6.45, 7) is -3.13. The predicted molar refractivity (Wildman–Crippen MR) is 90.7 cm³/mol. The van der Waals surface area contributed by atoms with Crippen LogP contribution in [-0.2, 0) is 4.74 Å². The molecule has 29 heavy (non-hydrogen) atoms. The molecule has 1 aromatic carbocycles. The van der Waals surface area contributed by atoms with E-state index < -0.39 is 36.9 Å². The van der Waals surface area contributed by atoms with Gasteiger partial charge in [0.25, 0.3) is 5.91 Å². The van der Waals surface area contributed by atoms with Gasteiger partial charge in [-0.05, 0) is 31.0 Å². The van der Waals surface area contributed by atoms with Crippen LogP contribution >= 0.6 is 0 Å². The lowest BCUT2D eigenvalue weighted by molar-refractivity contribution is -0.242. The SMILES string of the molecule is O=C(NC1CC[C@@H](C(O)C(F)(F)F)OC1)c1cnc2cc(OC(F)F)ccc2c1. The van der Waals surface area contributed by atoms with Gasteiger partial charge in [-0.2, -0.15) is 22.0 Å². The van der Waals surface area contributed by atoms with E-state index in [0.717, 1.165) is 0 Å². The standard InChI is InChI=1S/C18H17F5N2O4/c19-17(20)29-12-3-1-9-5-10(7-24-13(9)6-12)16(27)25-11-2-4-14(28-8-11)15(26)18(21,22)23/h1,3,5-7,11,14-15,17,26H,2,4,8H2,(H,25,27)/t11?,14-,15?/m0/s1. The second kappa shape index (κ2) is 8.46. The van der Waals surface area contributed by atoms with Crippen molar-refractivity contribution in [2.75, 3.05) is 6.61 Å². The van der Waals surface area contributed by atoms with Crippen LogP contribution in [0.15, 0.2) is 30.5 Å². The number of hydrogen-bond donors (Lipinski definition) is 2. The number of nitrogens with zero attached hydrogens (tertiary/aromatic N) is 1. The third-order valence-corrected chi connectivity index (χ3v) is 4.48. The topological polar surface area (TPSA) is 80.7 Å². The molecule has 0 spiro atoms. The summed E-state index contributed by atoms with van der Waals surface area (Å²) in [5.41, 5.74) is 0.544. The molecule has 0 aliphatic carbocycles. The first kappa shape index (κ1) is 21.2. The van der Waals surface area contributed by atoms with Gasteiger partial charge < -0.3 is 19.9 Å². The van der Waals surface area contributed by atoms with Gasteiger partial charge in [0.1, 0.15) is 5.75 Å². The Balaban J connectivity index is 1.60. The van der Waals surface area contributed by atoms with E-state index in [0.29, 0.717) is 10.9 Å². The molecule has 0 saturated carbocycles. The Labute approximate surface area is 161 Å². The van der Waals surface area contributed by atoms with E-state index in [2.05, 4.69) is 15.0 Å². The van der Waals surface area contributed by atoms with E-state index >= 15 is 0 Å². The zero-order valence-corrected chi connectivity index (χ0v) is 14.8. The Morgan fingerprint density at radius 2 is 2.03 bits per heavy atom. The maximum absolute atomic E-state index is 12.5. The minimum atomic E-state index is -4.77. The summed E-state index contributed by atoms with van der Waals surface area (Å²) >= 11 is 0. The Morgan fingerprint density at radius 1 is 1.28 bits per heavy atom. The summed E-state index contributed by atoms with van der Waals surface area (Å²) in [6, 6.07) is 5.09. The minimum absolute atomic E-state index is 0.0610. The lowest BCUT2D eigenvalue weighted by Gasteiger charge is -2.32. The summed E-state index contributed by atoms with van der Waals surface area (Å²) in [7, 11) is 0. The van der Waals surface area contributed by atoms with Crippen molar-refractivity contribution in [3.05, 3.63) is 36.0 Å². The highest BCUT2D eigenvalue weighted by molar-refractivity contribution is 5.97. The summed E-state index contributed by atoms with van der Waals surface area (Å²) in [5.74, 6) is -0.567. The van der Waals surface area contributed by atoms with Gasteiger partial charge in [0.2, 0.25) is 0 Å². The van der Waals surface area contributed by atoms with E-state index in [1.54, 1.807) is 0 Å². The summed E-state index contributed by atoms with van der Waals surface area (Å²) in [5, 5.41) is 12.4. The number of carbonyl (C=O) groups excluding carboxylic acids is 1. The molecule has 158 valence electrons. The molecule has 0 bridgehead atoms. The van der Waals surface area contributed by atoms with Gasteiger partial charge in [-0.1, -0.05) is 0 Å². The van der Waals surface area contributed by atoms with Crippen molar-refractivity contribution >= 4 is 16.8 Å². The Kier molecular flexibility index (Phi) is 6.18. The fourth-order valence-corrected chi connectivity index (χ4v) is 3.02. The van der Waals surface area contributed by atoms with Gasteiger partial charge >= 0.3 is 12.8 Å². The maximum Gasteiger partial charge on any atom is 0.416 e. The number of aliphatic hydroxyl groups is 1. The number of alkyl halides is 5. The van der Waals surface area contributed by atoms with Crippen LogP contribution in [0.4, 0.5) is 22.0 Å². The molecular weight excluding hydrogens is 403 g/mol. The minimum Gasteiger partial charge on any atom is -0.435 e. The zero-order chi connectivity index (χ0) is 21.2. The Hall–Kier alpha value is -2.53. The van der Waals surface area contributed by atoms with E-state index in [-0.39, 0.29) is 30.8 Å². The van der Waals surface area contributed by atoms with Gasteiger partial charge in [0.15, 0.2) is 6.10 Å². The number of halogens is 5. The first-order valence-electron chi connectivity index (χ1n) is 8.65. The fraction of sp³-hybridized carbons (Fsp3) is 0.444. The molecule has 1 saturated heterocycles. The lowest BCUT2D eigenvalue weighted by atomic mass is 10.0. The molecule has 3 rings (SSSR count). The van der Waals surface area contributed by atoms with Crippen molar-refractivity contribution in [1.29, 1.82) is 0 Å². The molecule has 6 nitrogen and oxygen atoms in total. The van der Waals surface area contributed by atoms with Crippen LogP contribution in [0.5, 0.6) is 5.75 Å². The number of amides is 1. The van der Waals surface area contributed by atoms with Crippen LogP contribution in [-0.4, -0.2) is 53.6 Å². The highest BCUT2D eigenvalue weighted by Crippen LogP contribution is 2.28. The second-order valence-electron chi connectivity index (χ2n) is 6.56. The molecule has 1 aromatic heterocycles.